The third-order valence-electron chi connectivity index (χ3n) is 9.64. The SMILES string of the molecule is CC(C)(C)[C@@H]1NC(=O)OCCCC/C=C/c2ccc3c(c2)/C(=N\O[C@H]2C[C@@H](C(=O)N[C@]4(C(=O)O)C[C@H]4C(F)F)N(C2)C1=O)c1ccccc1-3. The number of carboxylic acids is 1. The molecule has 13 heteroatoms. The number of halogens is 2. The van der Waals surface area contributed by atoms with E-state index in [4.69, 9.17) is 9.57 Å². The Balaban J connectivity index is 1.36. The Bertz CT molecular complexity index is 1720. The summed E-state index contributed by atoms with van der Waals surface area (Å²) in [5.41, 5.74) is 2.24. The van der Waals surface area contributed by atoms with Crippen LogP contribution in [-0.4, -0.2) is 82.9 Å². The number of rotatable bonds is 4. The second-order valence-corrected chi connectivity index (χ2v) is 14.1. The van der Waals surface area contributed by atoms with Crippen LogP contribution in [0.1, 0.15) is 69.6 Å². The molecule has 2 fully saturated rings. The van der Waals surface area contributed by atoms with Gasteiger partial charge in [-0.05, 0) is 53.9 Å². The summed E-state index contributed by atoms with van der Waals surface area (Å²) in [6.07, 6.45) is 1.09. The van der Waals surface area contributed by atoms with Crippen LogP contribution in [-0.2, 0) is 24.0 Å². The zero-order valence-electron chi connectivity index (χ0n) is 27.6. The standard InChI is InChI=1S/C36H40F2N4O7/c1-35(2,3)29-32(44)42-19-21(17-27(42)31(43)40-36(33(45)46)18-26(36)30(37)38)49-41-28-24-12-8-7-11-22(24)23-14-13-20(16-25(23)28)10-6-4-5-9-15-48-34(47)39-29/h6-8,10-14,16,21,26-27,29-30H,4-5,9,15,17-19H2,1-3H3,(H,39,47)(H,40,43)(H,45,46)/b10-6+,41-28-/t21-,26-,27-,29+,36+/m0/s1. The third kappa shape index (κ3) is 6.75. The summed E-state index contributed by atoms with van der Waals surface area (Å²) < 4.78 is 32.5. The Hall–Kier alpha value is -4.81. The molecule has 0 spiro atoms. The summed E-state index contributed by atoms with van der Waals surface area (Å²) in [7, 11) is 0. The molecule has 1 saturated carbocycles. The van der Waals surface area contributed by atoms with E-state index in [0.29, 0.717) is 12.1 Å². The van der Waals surface area contributed by atoms with Gasteiger partial charge in [0.05, 0.1) is 19.1 Å². The molecule has 4 aliphatic rings. The average molecular weight is 679 g/mol. The van der Waals surface area contributed by atoms with E-state index in [1.807, 2.05) is 48.5 Å². The molecule has 3 N–H and O–H groups in total. The van der Waals surface area contributed by atoms with Gasteiger partial charge in [0.15, 0.2) is 0 Å². The molecule has 2 aromatic rings. The largest absolute Gasteiger partial charge is 0.479 e. The topological polar surface area (TPSA) is 147 Å². The first kappa shape index (κ1) is 34.1. The van der Waals surface area contributed by atoms with Gasteiger partial charge in [-0.15, -0.1) is 0 Å². The summed E-state index contributed by atoms with van der Waals surface area (Å²) in [5.74, 6) is -4.67. The van der Waals surface area contributed by atoms with E-state index < -0.39 is 71.8 Å². The van der Waals surface area contributed by atoms with E-state index in [1.165, 1.54) is 4.90 Å². The maximum Gasteiger partial charge on any atom is 0.407 e. The van der Waals surface area contributed by atoms with Crippen molar-refractivity contribution in [1.82, 2.24) is 15.5 Å². The van der Waals surface area contributed by atoms with Gasteiger partial charge in [0, 0.05) is 17.5 Å². The predicted octanol–water partition coefficient (Wildman–Crippen LogP) is 4.97. The van der Waals surface area contributed by atoms with E-state index in [-0.39, 0.29) is 19.6 Å². The Morgan fingerprint density at radius 1 is 1.08 bits per heavy atom. The van der Waals surface area contributed by atoms with Gasteiger partial charge in [-0.3, -0.25) is 9.59 Å². The summed E-state index contributed by atoms with van der Waals surface area (Å²) in [4.78, 5) is 60.2. The number of oxime groups is 1. The average Bonchev–Trinajstić information content (AvgIpc) is 3.50. The van der Waals surface area contributed by atoms with Crippen molar-refractivity contribution in [3.8, 4) is 11.1 Å². The Kier molecular flexibility index (Phi) is 9.21. The van der Waals surface area contributed by atoms with E-state index in [1.54, 1.807) is 20.8 Å². The lowest BCUT2D eigenvalue weighted by Crippen LogP contribution is -2.59. The number of carbonyl (C=O) groups excluding carboxylic acids is 3. The lowest BCUT2D eigenvalue weighted by Gasteiger charge is -2.35. The molecule has 260 valence electrons. The molecule has 5 atom stereocenters. The highest BCUT2D eigenvalue weighted by Gasteiger charge is 2.66. The normalized spacial score (nSPS) is 28.7. The van der Waals surface area contributed by atoms with Crippen LogP contribution in [0.15, 0.2) is 53.7 Å². The van der Waals surface area contributed by atoms with Crippen molar-refractivity contribution in [2.75, 3.05) is 13.2 Å². The molecule has 49 heavy (non-hydrogen) atoms. The zero-order chi connectivity index (χ0) is 35.1. The van der Waals surface area contributed by atoms with E-state index in [0.717, 1.165) is 40.7 Å². The fraction of sp³-hybridized carbons (Fsp3) is 0.472. The molecular weight excluding hydrogens is 638 g/mol. The second kappa shape index (κ2) is 13.2. The highest BCUT2D eigenvalue weighted by atomic mass is 19.3. The molecule has 2 aliphatic carbocycles. The molecule has 0 radical (unpaired) electrons. The first-order chi connectivity index (χ1) is 23.3. The number of cyclic esters (lactones) is 1. The van der Waals surface area contributed by atoms with Crippen LogP contribution in [0.5, 0.6) is 0 Å². The van der Waals surface area contributed by atoms with E-state index in [9.17, 15) is 33.1 Å². The number of hydrogen-bond acceptors (Lipinski definition) is 7. The van der Waals surface area contributed by atoms with Crippen molar-refractivity contribution in [2.45, 2.75) is 83.0 Å². The number of hydrogen-bond donors (Lipinski definition) is 3. The number of alkyl halides is 2. The van der Waals surface area contributed by atoms with Crippen molar-refractivity contribution in [3.05, 3.63) is 65.2 Å². The summed E-state index contributed by atoms with van der Waals surface area (Å²) in [5, 5.41) is 19.3. The van der Waals surface area contributed by atoms with Gasteiger partial charge in [0.1, 0.15) is 29.4 Å². The number of carbonyl (C=O) groups is 4. The molecule has 4 bridgehead atoms. The number of allylic oxidation sites excluding steroid dienone is 1. The van der Waals surface area contributed by atoms with Crippen molar-refractivity contribution in [2.24, 2.45) is 16.5 Å². The number of ether oxygens (including phenoxy) is 1. The molecule has 2 aromatic carbocycles. The van der Waals surface area contributed by atoms with Crippen LogP contribution in [0, 0.1) is 11.3 Å². The van der Waals surface area contributed by atoms with Crippen LogP contribution >= 0.6 is 0 Å². The summed E-state index contributed by atoms with van der Waals surface area (Å²) in [6.45, 7) is 5.23. The third-order valence-corrected chi connectivity index (χ3v) is 9.64. The van der Waals surface area contributed by atoms with Gasteiger partial charge in [-0.25, -0.2) is 18.4 Å². The Morgan fingerprint density at radius 2 is 1.82 bits per heavy atom. The van der Waals surface area contributed by atoms with Crippen LogP contribution < -0.4 is 10.6 Å². The number of aliphatic carboxylic acids is 1. The van der Waals surface area contributed by atoms with Crippen molar-refractivity contribution in [3.63, 3.8) is 0 Å². The minimum absolute atomic E-state index is 0.0952. The molecular formula is C36H40F2N4O7. The lowest BCUT2D eigenvalue weighted by atomic mass is 9.85. The van der Waals surface area contributed by atoms with Crippen LogP contribution in [0.25, 0.3) is 17.2 Å². The van der Waals surface area contributed by atoms with Crippen molar-refractivity contribution < 1.29 is 42.6 Å². The molecule has 0 unspecified atom stereocenters. The van der Waals surface area contributed by atoms with E-state index >= 15 is 0 Å². The molecule has 6 rings (SSSR count). The number of fused-ring (bicyclic) bond motifs is 6. The Labute approximate surface area is 282 Å². The summed E-state index contributed by atoms with van der Waals surface area (Å²) in [6, 6.07) is 11.4. The van der Waals surface area contributed by atoms with Crippen molar-refractivity contribution >= 4 is 35.7 Å². The van der Waals surface area contributed by atoms with E-state index in [2.05, 4.69) is 21.9 Å². The second-order valence-electron chi connectivity index (χ2n) is 14.1. The number of carboxylic acid groups (broad SMARTS) is 1. The van der Waals surface area contributed by atoms with Crippen molar-refractivity contribution in [1.29, 1.82) is 0 Å². The number of amides is 3. The molecule has 1 saturated heterocycles. The molecule has 2 aliphatic heterocycles. The molecule has 2 heterocycles. The van der Waals surface area contributed by atoms with Gasteiger partial charge in [-0.1, -0.05) is 74.5 Å². The quantitative estimate of drug-likeness (QED) is 0.353. The zero-order valence-corrected chi connectivity index (χ0v) is 27.6. The van der Waals surface area contributed by atoms with Gasteiger partial charge >= 0.3 is 12.1 Å². The fourth-order valence-corrected chi connectivity index (χ4v) is 6.82. The van der Waals surface area contributed by atoms with Gasteiger partial charge in [0.25, 0.3) is 0 Å². The molecule has 0 aromatic heterocycles. The number of nitrogens with zero attached hydrogens (tertiary/aromatic N) is 2. The minimum atomic E-state index is -2.96. The van der Waals surface area contributed by atoms with Gasteiger partial charge < -0.3 is 30.2 Å². The molecule has 3 amide bonds. The number of nitrogens with one attached hydrogen (secondary N) is 2. The summed E-state index contributed by atoms with van der Waals surface area (Å²) >= 11 is 0. The predicted molar refractivity (Wildman–Crippen MR) is 176 cm³/mol. The van der Waals surface area contributed by atoms with Gasteiger partial charge in [0.2, 0.25) is 18.2 Å². The number of benzene rings is 2. The minimum Gasteiger partial charge on any atom is -0.479 e. The number of alkyl carbamates (subject to hydrolysis) is 1. The smallest absolute Gasteiger partial charge is 0.407 e. The maximum atomic E-state index is 14.2. The maximum absolute atomic E-state index is 14.2. The van der Waals surface area contributed by atoms with Crippen LogP contribution in [0.3, 0.4) is 0 Å². The molecule has 11 nitrogen and oxygen atoms in total. The highest BCUT2D eigenvalue weighted by molar-refractivity contribution is 6.24. The first-order valence-electron chi connectivity index (χ1n) is 16.5. The lowest BCUT2D eigenvalue weighted by molar-refractivity contribution is -0.147. The first-order valence-corrected chi connectivity index (χ1v) is 16.5. The van der Waals surface area contributed by atoms with Crippen LogP contribution in [0.4, 0.5) is 13.6 Å². The fourth-order valence-electron chi connectivity index (χ4n) is 6.82. The monoisotopic (exact) mass is 678 g/mol. The Morgan fingerprint density at radius 3 is 2.51 bits per heavy atom. The van der Waals surface area contributed by atoms with Gasteiger partial charge in [-0.2, -0.15) is 0 Å². The highest BCUT2D eigenvalue weighted by Crippen LogP contribution is 2.48. The van der Waals surface area contributed by atoms with Crippen LogP contribution in [0.2, 0.25) is 0 Å².